The second kappa shape index (κ2) is 9.02. The van der Waals surface area contributed by atoms with Crippen LogP contribution in [0.3, 0.4) is 0 Å². The van der Waals surface area contributed by atoms with Gasteiger partial charge in [0.05, 0.1) is 15.7 Å². The number of nitrogens with zero attached hydrogens (tertiary/aromatic N) is 1. The number of para-hydroxylation sites is 1. The van der Waals surface area contributed by atoms with Gasteiger partial charge in [0, 0.05) is 68.3 Å². The SMILES string of the molecule is c1ccc2c(c1)oc1c2cc2c3c1ccc1cc4c5ccccc5sc4c(c13)n2-c1ccc(-c2ccc3sc4ccccc4c3c2)cc1. The smallest absolute Gasteiger partial charge is 0.143 e. The first-order valence-corrected chi connectivity index (χ1v) is 17.9. The molecule has 4 heteroatoms. The minimum atomic E-state index is 0.929. The summed E-state index contributed by atoms with van der Waals surface area (Å²) in [6.07, 6.45) is 0. The first-order chi connectivity index (χ1) is 23.8. The molecule has 0 radical (unpaired) electrons. The van der Waals surface area contributed by atoms with Gasteiger partial charge in [-0.05, 0) is 77.2 Å². The van der Waals surface area contributed by atoms with Gasteiger partial charge in [0.25, 0.3) is 0 Å². The number of hydrogen-bond acceptors (Lipinski definition) is 3. The van der Waals surface area contributed by atoms with E-state index in [1.54, 1.807) is 0 Å². The Labute approximate surface area is 281 Å². The summed E-state index contributed by atoms with van der Waals surface area (Å²) in [4.78, 5) is 0. The van der Waals surface area contributed by atoms with Crippen LogP contribution < -0.4 is 0 Å². The van der Waals surface area contributed by atoms with E-state index in [-0.39, 0.29) is 0 Å². The van der Waals surface area contributed by atoms with Crippen molar-refractivity contribution in [2.75, 3.05) is 0 Å². The van der Waals surface area contributed by atoms with Gasteiger partial charge in [-0.1, -0.05) is 78.9 Å². The van der Waals surface area contributed by atoms with E-state index in [0.29, 0.717) is 0 Å². The molecule has 4 heterocycles. The number of thiophene rings is 2. The average molecular weight is 646 g/mol. The van der Waals surface area contributed by atoms with Gasteiger partial charge in [-0.2, -0.15) is 0 Å². The lowest BCUT2D eigenvalue weighted by molar-refractivity contribution is 0.673. The fourth-order valence-corrected chi connectivity index (χ4v) is 10.5. The number of aromatic nitrogens is 1. The number of furan rings is 1. The maximum absolute atomic E-state index is 6.57. The van der Waals surface area contributed by atoms with Crippen LogP contribution in [0.15, 0.2) is 144 Å². The predicted molar refractivity (Wildman–Crippen MR) is 208 cm³/mol. The van der Waals surface area contributed by atoms with Crippen molar-refractivity contribution in [1.82, 2.24) is 4.57 Å². The van der Waals surface area contributed by atoms with Gasteiger partial charge < -0.3 is 8.98 Å². The van der Waals surface area contributed by atoms with Gasteiger partial charge in [0.2, 0.25) is 0 Å². The molecule has 12 rings (SSSR count). The van der Waals surface area contributed by atoms with Crippen LogP contribution in [0.4, 0.5) is 0 Å². The van der Waals surface area contributed by atoms with E-state index in [1.165, 1.54) is 84.0 Å². The van der Waals surface area contributed by atoms with Crippen LogP contribution in [-0.4, -0.2) is 4.57 Å². The van der Waals surface area contributed by atoms with E-state index in [0.717, 1.165) is 27.6 Å². The highest BCUT2D eigenvalue weighted by Gasteiger charge is 2.24. The largest absolute Gasteiger partial charge is 0.455 e. The van der Waals surface area contributed by atoms with E-state index in [4.69, 9.17) is 4.42 Å². The van der Waals surface area contributed by atoms with Gasteiger partial charge >= 0.3 is 0 Å². The molecule has 12 aromatic rings. The summed E-state index contributed by atoms with van der Waals surface area (Å²) in [7, 11) is 0. The summed E-state index contributed by atoms with van der Waals surface area (Å²) < 4.78 is 14.4. The van der Waals surface area contributed by atoms with E-state index >= 15 is 0 Å². The minimum Gasteiger partial charge on any atom is -0.455 e. The zero-order valence-electron chi connectivity index (χ0n) is 25.5. The molecule has 0 aliphatic carbocycles. The second-order valence-corrected chi connectivity index (χ2v) is 15.0. The molecule has 0 saturated carbocycles. The fraction of sp³-hybridized carbons (Fsp3) is 0. The Balaban J connectivity index is 1.17. The van der Waals surface area contributed by atoms with Gasteiger partial charge in [0.15, 0.2) is 0 Å². The maximum Gasteiger partial charge on any atom is 0.143 e. The summed E-state index contributed by atoms with van der Waals surface area (Å²) in [5.41, 5.74) is 8.01. The van der Waals surface area contributed by atoms with Crippen LogP contribution in [0.5, 0.6) is 0 Å². The highest BCUT2D eigenvalue weighted by molar-refractivity contribution is 7.27. The van der Waals surface area contributed by atoms with Gasteiger partial charge in [-0.25, -0.2) is 0 Å². The minimum absolute atomic E-state index is 0.929. The molecule has 8 aromatic carbocycles. The van der Waals surface area contributed by atoms with Crippen LogP contribution in [0.25, 0.3) is 112 Å². The van der Waals surface area contributed by atoms with Crippen LogP contribution in [-0.2, 0) is 0 Å². The summed E-state index contributed by atoms with van der Waals surface area (Å²) in [5.74, 6) is 0. The molecule has 222 valence electrons. The molecule has 0 amide bonds. The summed E-state index contributed by atoms with van der Waals surface area (Å²) in [5, 5.41) is 12.6. The molecule has 0 fully saturated rings. The Morgan fingerprint density at radius 3 is 2.02 bits per heavy atom. The van der Waals surface area contributed by atoms with Crippen LogP contribution in [0, 0.1) is 0 Å². The zero-order chi connectivity index (χ0) is 31.1. The normalized spacial score (nSPS) is 12.6. The van der Waals surface area contributed by atoms with Crippen molar-refractivity contribution in [2.45, 2.75) is 0 Å². The maximum atomic E-state index is 6.57. The summed E-state index contributed by atoms with van der Waals surface area (Å²) >= 11 is 3.76. The van der Waals surface area contributed by atoms with Crippen molar-refractivity contribution in [1.29, 1.82) is 0 Å². The molecule has 4 aromatic heterocycles. The van der Waals surface area contributed by atoms with Crippen molar-refractivity contribution in [3.8, 4) is 16.8 Å². The highest BCUT2D eigenvalue weighted by atomic mass is 32.1. The van der Waals surface area contributed by atoms with Crippen LogP contribution in [0.1, 0.15) is 0 Å². The molecular weight excluding hydrogens is 623 g/mol. The Morgan fingerprint density at radius 2 is 1.17 bits per heavy atom. The number of rotatable bonds is 2. The van der Waals surface area contributed by atoms with Crippen molar-refractivity contribution in [2.24, 2.45) is 0 Å². The highest BCUT2D eigenvalue weighted by Crippen LogP contribution is 2.49. The standard InChI is InChI=1S/C44H23NOS2/c1-4-10-36-28(7-1)33-23-35-41-31(43(33)46-36)19-15-26-22-34-30-9-3-6-12-38(30)48-44(34)42(40(26)41)45(35)27-17-13-24(14-18-27)25-16-20-39-32(21-25)29-8-2-5-11-37(29)47-39/h1-23H. The van der Waals surface area contributed by atoms with E-state index in [1.807, 2.05) is 22.7 Å². The quantitative estimate of drug-likeness (QED) is 0.171. The molecule has 2 nitrogen and oxygen atoms in total. The molecule has 0 bridgehead atoms. The summed E-state index contributed by atoms with van der Waals surface area (Å²) in [6.45, 7) is 0. The van der Waals surface area contributed by atoms with Crippen molar-refractivity contribution in [3.05, 3.63) is 140 Å². The molecular formula is C44H23NOS2. The average Bonchev–Trinajstić information content (AvgIpc) is 3.89. The Bertz CT molecular complexity index is 3280. The lowest BCUT2D eigenvalue weighted by Crippen LogP contribution is -1.94. The molecule has 0 atom stereocenters. The van der Waals surface area contributed by atoms with Gasteiger partial charge in [0.1, 0.15) is 11.2 Å². The molecule has 0 aliphatic heterocycles. The topological polar surface area (TPSA) is 18.1 Å². The second-order valence-electron chi connectivity index (χ2n) is 12.8. The molecule has 0 saturated heterocycles. The van der Waals surface area contributed by atoms with Crippen LogP contribution >= 0.6 is 22.7 Å². The zero-order valence-corrected chi connectivity index (χ0v) is 27.1. The molecule has 0 unspecified atom stereocenters. The van der Waals surface area contributed by atoms with Gasteiger partial charge in [-0.3, -0.25) is 0 Å². The lowest BCUT2D eigenvalue weighted by atomic mass is 9.98. The monoisotopic (exact) mass is 645 g/mol. The lowest BCUT2D eigenvalue weighted by Gasteiger charge is -2.10. The number of hydrogen-bond donors (Lipinski definition) is 0. The van der Waals surface area contributed by atoms with Gasteiger partial charge in [-0.15, -0.1) is 22.7 Å². The third-order valence-corrected chi connectivity index (χ3v) is 12.7. The third kappa shape index (κ3) is 3.21. The number of benzene rings is 8. The molecule has 0 aliphatic rings. The van der Waals surface area contributed by atoms with Crippen molar-refractivity contribution >= 4 is 118 Å². The predicted octanol–water partition coefficient (Wildman–Crippen LogP) is 13.7. The summed E-state index contributed by atoms with van der Waals surface area (Å²) in [6, 6.07) is 51.4. The van der Waals surface area contributed by atoms with Crippen molar-refractivity contribution < 1.29 is 4.42 Å². The number of fused-ring (bicyclic) bond motifs is 11. The van der Waals surface area contributed by atoms with E-state index < -0.39 is 0 Å². The van der Waals surface area contributed by atoms with E-state index in [2.05, 4.69) is 144 Å². The Morgan fingerprint density at radius 1 is 0.458 bits per heavy atom. The first kappa shape index (κ1) is 25.4. The Hall–Kier alpha value is -5.68. The molecule has 0 N–H and O–H groups in total. The van der Waals surface area contributed by atoms with Crippen molar-refractivity contribution in [3.63, 3.8) is 0 Å². The molecule has 48 heavy (non-hydrogen) atoms. The fourth-order valence-electron chi connectivity index (χ4n) is 8.21. The van der Waals surface area contributed by atoms with Crippen LogP contribution in [0.2, 0.25) is 0 Å². The molecule has 0 spiro atoms. The Kier molecular flexibility index (Phi) is 4.77. The third-order valence-electron chi connectivity index (χ3n) is 10.3. The van der Waals surface area contributed by atoms with E-state index in [9.17, 15) is 0 Å². The first-order valence-electron chi connectivity index (χ1n) is 16.3.